The number of nitrogens with one attached hydrogen (secondary N) is 1. The lowest BCUT2D eigenvalue weighted by Gasteiger charge is -2.25. The van der Waals surface area contributed by atoms with Crippen LogP contribution in [0.1, 0.15) is 11.3 Å². The molecular formula is C17H19NO4. The molecule has 116 valence electrons. The summed E-state index contributed by atoms with van der Waals surface area (Å²) in [6.45, 7) is 0.972. The average Bonchev–Trinajstić information content (AvgIpc) is 3.07. The van der Waals surface area contributed by atoms with Crippen molar-refractivity contribution in [3.8, 4) is 11.5 Å². The zero-order chi connectivity index (χ0) is 15.4. The Kier molecular flexibility index (Phi) is 4.32. The van der Waals surface area contributed by atoms with Crippen LogP contribution in [-0.2, 0) is 17.6 Å². The molecule has 0 saturated carbocycles. The lowest BCUT2D eigenvalue weighted by atomic mass is 9.96. The molecular weight excluding hydrogens is 282 g/mol. The highest BCUT2D eigenvalue weighted by atomic mass is 16.5. The van der Waals surface area contributed by atoms with Crippen molar-refractivity contribution in [2.45, 2.75) is 12.8 Å². The first kappa shape index (κ1) is 14.5. The third-order valence-electron chi connectivity index (χ3n) is 3.80. The second-order valence-corrected chi connectivity index (χ2v) is 5.31. The van der Waals surface area contributed by atoms with Crippen molar-refractivity contribution < 1.29 is 18.7 Å². The highest BCUT2D eigenvalue weighted by molar-refractivity contribution is 5.79. The van der Waals surface area contributed by atoms with Crippen molar-refractivity contribution in [2.24, 2.45) is 5.92 Å². The molecule has 5 nitrogen and oxygen atoms in total. The van der Waals surface area contributed by atoms with E-state index >= 15 is 0 Å². The summed E-state index contributed by atoms with van der Waals surface area (Å²) < 4.78 is 16.1. The SMILES string of the molecule is COc1ccc2c(c1)C[C@H](C(=O)NCCc1ccco1)CO2. The Morgan fingerprint density at radius 2 is 2.32 bits per heavy atom. The summed E-state index contributed by atoms with van der Waals surface area (Å²) in [4.78, 5) is 12.2. The van der Waals surface area contributed by atoms with Crippen LogP contribution in [-0.4, -0.2) is 26.2 Å². The van der Waals surface area contributed by atoms with Crippen LogP contribution < -0.4 is 14.8 Å². The van der Waals surface area contributed by atoms with Gasteiger partial charge in [-0.2, -0.15) is 0 Å². The van der Waals surface area contributed by atoms with Gasteiger partial charge in [-0.3, -0.25) is 4.79 Å². The second kappa shape index (κ2) is 6.56. The number of fused-ring (bicyclic) bond motifs is 1. The molecule has 1 aliphatic rings. The molecule has 5 heteroatoms. The molecule has 0 saturated heterocycles. The van der Waals surface area contributed by atoms with Crippen LogP contribution in [0.3, 0.4) is 0 Å². The zero-order valence-electron chi connectivity index (χ0n) is 12.5. The molecule has 3 rings (SSSR count). The largest absolute Gasteiger partial charge is 0.497 e. The number of benzene rings is 1. The smallest absolute Gasteiger partial charge is 0.226 e. The third-order valence-corrected chi connectivity index (χ3v) is 3.80. The first-order chi connectivity index (χ1) is 10.8. The van der Waals surface area contributed by atoms with E-state index in [2.05, 4.69) is 5.32 Å². The van der Waals surface area contributed by atoms with E-state index in [1.54, 1.807) is 13.4 Å². The molecule has 0 fully saturated rings. The van der Waals surface area contributed by atoms with Gasteiger partial charge in [0, 0.05) is 13.0 Å². The van der Waals surface area contributed by atoms with Crippen LogP contribution in [0.4, 0.5) is 0 Å². The highest BCUT2D eigenvalue weighted by Gasteiger charge is 2.26. The Balaban J connectivity index is 1.55. The summed E-state index contributed by atoms with van der Waals surface area (Å²) in [5, 5.41) is 2.94. The average molecular weight is 301 g/mol. The standard InChI is InChI=1S/C17H19NO4/c1-20-15-4-5-16-12(10-15)9-13(11-22-16)17(19)18-7-6-14-3-2-8-21-14/h2-5,8,10,13H,6-7,9,11H2,1H3,(H,18,19)/t13-/m0/s1. The second-order valence-electron chi connectivity index (χ2n) is 5.31. The highest BCUT2D eigenvalue weighted by Crippen LogP contribution is 2.30. The fourth-order valence-electron chi connectivity index (χ4n) is 2.57. The monoisotopic (exact) mass is 301 g/mol. The van der Waals surface area contributed by atoms with E-state index in [-0.39, 0.29) is 11.8 Å². The quantitative estimate of drug-likeness (QED) is 0.919. The molecule has 0 aliphatic carbocycles. The maximum absolute atomic E-state index is 12.2. The summed E-state index contributed by atoms with van der Waals surface area (Å²) in [7, 11) is 1.63. The lowest BCUT2D eigenvalue weighted by molar-refractivity contribution is -0.126. The predicted molar refractivity (Wildman–Crippen MR) is 81.1 cm³/mol. The maximum Gasteiger partial charge on any atom is 0.226 e. The van der Waals surface area contributed by atoms with Crippen LogP contribution in [0, 0.1) is 5.92 Å². The summed E-state index contributed by atoms with van der Waals surface area (Å²) >= 11 is 0. The minimum Gasteiger partial charge on any atom is -0.497 e. The molecule has 2 heterocycles. The van der Waals surface area contributed by atoms with Crippen LogP contribution >= 0.6 is 0 Å². The fourth-order valence-corrected chi connectivity index (χ4v) is 2.57. The minimum atomic E-state index is -0.170. The summed E-state index contributed by atoms with van der Waals surface area (Å²) in [6, 6.07) is 9.42. The van der Waals surface area contributed by atoms with E-state index in [1.165, 1.54) is 0 Å². The Labute approximate surface area is 129 Å². The zero-order valence-corrected chi connectivity index (χ0v) is 12.5. The van der Waals surface area contributed by atoms with Gasteiger partial charge in [0.15, 0.2) is 0 Å². The third kappa shape index (κ3) is 3.24. The Morgan fingerprint density at radius 1 is 1.41 bits per heavy atom. The number of carbonyl (C=O) groups is 1. The van der Waals surface area contributed by atoms with Gasteiger partial charge < -0.3 is 19.2 Å². The van der Waals surface area contributed by atoms with E-state index in [0.717, 1.165) is 22.8 Å². The van der Waals surface area contributed by atoms with Gasteiger partial charge in [0.25, 0.3) is 0 Å². The van der Waals surface area contributed by atoms with Gasteiger partial charge in [0.1, 0.15) is 23.9 Å². The number of ether oxygens (including phenoxy) is 2. The van der Waals surface area contributed by atoms with Crippen LogP contribution in [0.5, 0.6) is 11.5 Å². The number of hydrogen-bond acceptors (Lipinski definition) is 4. The Hall–Kier alpha value is -2.43. The van der Waals surface area contributed by atoms with Gasteiger partial charge in [0.05, 0.1) is 19.3 Å². The van der Waals surface area contributed by atoms with Crippen LogP contribution in [0.25, 0.3) is 0 Å². The van der Waals surface area contributed by atoms with E-state index < -0.39 is 0 Å². The molecule has 1 aliphatic heterocycles. The van der Waals surface area contributed by atoms with Gasteiger partial charge in [-0.05, 0) is 42.3 Å². The molecule has 0 bridgehead atoms. The maximum atomic E-state index is 12.2. The minimum absolute atomic E-state index is 0.0139. The molecule has 2 aromatic rings. The van der Waals surface area contributed by atoms with Crippen molar-refractivity contribution in [2.75, 3.05) is 20.3 Å². The number of furan rings is 1. The summed E-state index contributed by atoms with van der Waals surface area (Å²) in [5.41, 5.74) is 1.01. The number of rotatable bonds is 5. The first-order valence-corrected chi connectivity index (χ1v) is 7.36. The van der Waals surface area contributed by atoms with Crippen LogP contribution in [0.2, 0.25) is 0 Å². The van der Waals surface area contributed by atoms with Gasteiger partial charge in [-0.15, -0.1) is 0 Å². The molecule has 1 atom stereocenters. The summed E-state index contributed by atoms with van der Waals surface area (Å²) in [6.07, 6.45) is 2.99. The van der Waals surface area contributed by atoms with Crippen molar-refractivity contribution in [3.63, 3.8) is 0 Å². The number of amides is 1. The normalized spacial score (nSPS) is 16.5. The van der Waals surface area contributed by atoms with E-state index in [9.17, 15) is 4.79 Å². The number of carbonyl (C=O) groups excluding carboxylic acids is 1. The summed E-state index contributed by atoms with van der Waals surface area (Å²) in [5.74, 6) is 2.33. The van der Waals surface area contributed by atoms with Crippen molar-refractivity contribution in [1.29, 1.82) is 0 Å². The van der Waals surface area contributed by atoms with Crippen molar-refractivity contribution in [3.05, 3.63) is 47.9 Å². The van der Waals surface area contributed by atoms with Gasteiger partial charge in [-0.25, -0.2) is 0 Å². The molecule has 1 aromatic carbocycles. The Morgan fingerprint density at radius 3 is 3.09 bits per heavy atom. The molecule has 0 radical (unpaired) electrons. The molecule has 1 N–H and O–H groups in total. The van der Waals surface area contributed by atoms with E-state index in [1.807, 2.05) is 30.3 Å². The van der Waals surface area contributed by atoms with Crippen LogP contribution in [0.15, 0.2) is 41.0 Å². The molecule has 1 aromatic heterocycles. The molecule has 1 amide bonds. The van der Waals surface area contributed by atoms with Gasteiger partial charge in [0.2, 0.25) is 5.91 Å². The van der Waals surface area contributed by atoms with E-state index in [0.29, 0.717) is 26.0 Å². The first-order valence-electron chi connectivity index (χ1n) is 7.36. The van der Waals surface area contributed by atoms with Gasteiger partial charge >= 0.3 is 0 Å². The molecule has 0 unspecified atom stereocenters. The topological polar surface area (TPSA) is 60.7 Å². The van der Waals surface area contributed by atoms with Crippen molar-refractivity contribution >= 4 is 5.91 Å². The number of methoxy groups -OCH3 is 1. The van der Waals surface area contributed by atoms with E-state index in [4.69, 9.17) is 13.9 Å². The predicted octanol–water partition coefficient (Wildman–Crippen LogP) is 2.20. The lowest BCUT2D eigenvalue weighted by Crippen LogP contribution is -2.38. The fraction of sp³-hybridized carbons (Fsp3) is 0.353. The van der Waals surface area contributed by atoms with Gasteiger partial charge in [-0.1, -0.05) is 0 Å². The molecule has 22 heavy (non-hydrogen) atoms. The number of hydrogen-bond donors (Lipinski definition) is 1. The molecule has 0 spiro atoms. The Bertz CT molecular complexity index is 636. The van der Waals surface area contributed by atoms with Crippen molar-refractivity contribution in [1.82, 2.24) is 5.32 Å².